The summed E-state index contributed by atoms with van der Waals surface area (Å²) in [6.45, 7) is 1.62. The van der Waals surface area contributed by atoms with Crippen LogP contribution in [0.1, 0.15) is 24.8 Å². The van der Waals surface area contributed by atoms with E-state index in [1.54, 1.807) is 0 Å². The van der Waals surface area contributed by atoms with E-state index in [4.69, 9.17) is 0 Å². The van der Waals surface area contributed by atoms with Crippen LogP contribution >= 0.6 is 0 Å². The van der Waals surface area contributed by atoms with Crippen LogP contribution in [-0.2, 0) is 17.9 Å². The number of aryl methyl sites for hydroxylation is 1. The van der Waals surface area contributed by atoms with Gasteiger partial charge in [0.05, 0.1) is 0 Å². The summed E-state index contributed by atoms with van der Waals surface area (Å²) in [6.07, 6.45) is 4.91. The third-order valence-electron chi connectivity index (χ3n) is 3.74. The second kappa shape index (κ2) is 5.67. The predicted octanol–water partition coefficient (Wildman–Crippen LogP) is 2.03. The molecule has 106 valence electrons. The molecule has 0 saturated heterocycles. The predicted molar refractivity (Wildman–Crippen MR) is 80.5 cm³/mol. The fraction of sp³-hybridized carbons (Fsp3) is 0.438. The number of nitrogens with zero attached hydrogens (tertiary/aromatic N) is 1. The first kappa shape index (κ1) is 13.2. The van der Waals surface area contributed by atoms with E-state index in [1.165, 1.54) is 16.5 Å². The summed E-state index contributed by atoms with van der Waals surface area (Å²) in [4.78, 5) is 11.7. The van der Waals surface area contributed by atoms with Crippen LogP contribution in [0.2, 0.25) is 0 Å². The number of hydrogen-bond donors (Lipinski definition) is 2. The second-order valence-electron chi connectivity index (χ2n) is 5.52. The first-order valence-corrected chi connectivity index (χ1v) is 7.28. The summed E-state index contributed by atoms with van der Waals surface area (Å²) in [7, 11) is 1.95. The molecule has 1 saturated carbocycles. The van der Waals surface area contributed by atoms with Gasteiger partial charge < -0.3 is 15.2 Å². The van der Waals surface area contributed by atoms with Gasteiger partial charge in [0.25, 0.3) is 0 Å². The summed E-state index contributed by atoms with van der Waals surface area (Å²) < 4.78 is 2.16. The lowest BCUT2D eigenvalue weighted by atomic mass is 10.1. The van der Waals surface area contributed by atoms with Crippen LogP contribution in [0.3, 0.4) is 0 Å². The van der Waals surface area contributed by atoms with Crippen molar-refractivity contribution in [2.24, 2.45) is 0 Å². The van der Waals surface area contributed by atoms with Crippen LogP contribution in [0.25, 0.3) is 10.9 Å². The molecule has 1 aliphatic rings. The van der Waals surface area contributed by atoms with E-state index in [9.17, 15) is 4.79 Å². The first-order valence-electron chi connectivity index (χ1n) is 7.28. The number of amides is 1. The van der Waals surface area contributed by atoms with Gasteiger partial charge >= 0.3 is 0 Å². The van der Waals surface area contributed by atoms with Crippen LogP contribution in [0.4, 0.5) is 0 Å². The number of rotatable bonds is 6. The van der Waals surface area contributed by atoms with Gasteiger partial charge in [0.2, 0.25) is 5.91 Å². The van der Waals surface area contributed by atoms with Gasteiger partial charge in [0.15, 0.2) is 0 Å². The van der Waals surface area contributed by atoms with Crippen LogP contribution in [0.5, 0.6) is 0 Å². The highest BCUT2D eigenvalue weighted by atomic mass is 16.1. The lowest BCUT2D eigenvalue weighted by Gasteiger charge is -2.07. The summed E-state index contributed by atoms with van der Waals surface area (Å²) in [5.74, 6) is 0.168. The number of benzene rings is 1. The number of hydrogen-bond acceptors (Lipinski definition) is 2. The summed E-state index contributed by atoms with van der Waals surface area (Å²) in [5.41, 5.74) is 2.48. The molecule has 2 aromatic rings. The van der Waals surface area contributed by atoms with Crippen LogP contribution in [0.15, 0.2) is 30.5 Å². The van der Waals surface area contributed by atoms with Crippen molar-refractivity contribution in [3.8, 4) is 0 Å². The van der Waals surface area contributed by atoms with Crippen molar-refractivity contribution in [1.29, 1.82) is 0 Å². The number of nitrogens with one attached hydrogen (secondary N) is 2. The number of fused-ring (bicyclic) bond motifs is 1. The van der Waals surface area contributed by atoms with E-state index >= 15 is 0 Å². The molecule has 0 unspecified atom stereocenters. The Hall–Kier alpha value is -1.81. The van der Waals surface area contributed by atoms with Gasteiger partial charge in [-0.05, 0) is 49.0 Å². The number of carbonyl (C=O) groups excluding carboxylic acids is 1. The highest BCUT2D eigenvalue weighted by molar-refractivity contribution is 5.81. The Morgan fingerprint density at radius 1 is 1.35 bits per heavy atom. The molecule has 1 fully saturated rings. The average Bonchev–Trinajstić information content (AvgIpc) is 3.16. The van der Waals surface area contributed by atoms with E-state index in [-0.39, 0.29) is 5.91 Å². The molecule has 1 heterocycles. The molecule has 1 amide bonds. The molecule has 1 aliphatic carbocycles. The molecule has 0 bridgehead atoms. The Morgan fingerprint density at radius 3 is 2.95 bits per heavy atom. The van der Waals surface area contributed by atoms with Crippen LogP contribution < -0.4 is 10.6 Å². The van der Waals surface area contributed by atoms with Gasteiger partial charge in [-0.25, -0.2) is 0 Å². The number of aromatic nitrogens is 1. The molecule has 0 aliphatic heterocycles. The van der Waals surface area contributed by atoms with Gasteiger partial charge in [0, 0.05) is 37.3 Å². The van der Waals surface area contributed by atoms with Gasteiger partial charge in [-0.2, -0.15) is 0 Å². The Kier molecular flexibility index (Phi) is 3.74. The summed E-state index contributed by atoms with van der Waals surface area (Å²) >= 11 is 0. The van der Waals surface area contributed by atoms with Crippen LogP contribution in [0, 0.1) is 0 Å². The van der Waals surface area contributed by atoms with E-state index in [1.807, 2.05) is 7.05 Å². The highest BCUT2D eigenvalue weighted by Crippen LogP contribution is 2.20. The summed E-state index contributed by atoms with van der Waals surface area (Å²) in [6, 6.07) is 9.05. The van der Waals surface area contributed by atoms with Gasteiger partial charge in [-0.15, -0.1) is 0 Å². The SMILES string of the molecule is CNCc1ccc2c(ccn2CCC(=O)NC2CC2)c1. The van der Waals surface area contributed by atoms with E-state index in [0.717, 1.165) is 25.9 Å². The lowest BCUT2D eigenvalue weighted by Crippen LogP contribution is -2.26. The lowest BCUT2D eigenvalue weighted by molar-refractivity contribution is -0.121. The third kappa shape index (κ3) is 3.02. The molecule has 2 N–H and O–H groups in total. The minimum absolute atomic E-state index is 0.168. The smallest absolute Gasteiger partial charge is 0.222 e. The maximum absolute atomic E-state index is 11.7. The minimum atomic E-state index is 0.168. The molecule has 20 heavy (non-hydrogen) atoms. The zero-order valence-electron chi connectivity index (χ0n) is 11.9. The largest absolute Gasteiger partial charge is 0.353 e. The van der Waals surface area contributed by atoms with E-state index in [2.05, 4.69) is 45.7 Å². The van der Waals surface area contributed by atoms with Crippen molar-refractivity contribution in [2.75, 3.05) is 7.05 Å². The molecular weight excluding hydrogens is 250 g/mol. The molecule has 0 spiro atoms. The Labute approximate surface area is 119 Å². The van der Waals surface area contributed by atoms with Crippen molar-refractivity contribution in [3.05, 3.63) is 36.0 Å². The molecule has 3 rings (SSSR count). The topological polar surface area (TPSA) is 46.1 Å². The minimum Gasteiger partial charge on any atom is -0.353 e. The van der Waals surface area contributed by atoms with Crippen molar-refractivity contribution in [3.63, 3.8) is 0 Å². The third-order valence-corrected chi connectivity index (χ3v) is 3.74. The van der Waals surface area contributed by atoms with Crippen molar-refractivity contribution < 1.29 is 4.79 Å². The van der Waals surface area contributed by atoms with Crippen LogP contribution in [-0.4, -0.2) is 23.6 Å². The Morgan fingerprint density at radius 2 is 2.20 bits per heavy atom. The fourth-order valence-electron chi connectivity index (χ4n) is 2.51. The van der Waals surface area contributed by atoms with Gasteiger partial charge in [0.1, 0.15) is 0 Å². The zero-order chi connectivity index (χ0) is 13.9. The quantitative estimate of drug-likeness (QED) is 0.844. The normalized spacial score (nSPS) is 14.7. The van der Waals surface area contributed by atoms with Crippen molar-refractivity contribution >= 4 is 16.8 Å². The molecule has 1 aromatic heterocycles. The molecule has 4 nitrogen and oxygen atoms in total. The second-order valence-corrected chi connectivity index (χ2v) is 5.52. The fourth-order valence-corrected chi connectivity index (χ4v) is 2.51. The average molecular weight is 271 g/mol. The maximum atomic E-state index is 11.7. The van der Waals surface area contributed by atoms with Gasteiger partial charge in [-0.3, -0.25) is 4.79 Å². The first-order chi connectivity index (χ1) is 9.76. The van der Waals surface area contributed by atoms with E-state index in [0.29, 0.717) is 12.5 Å². The van der Waals surface area contributed by atoms with E-state index < -0.39 is 0 Å². The zero-order valence-corrected chi connectivity index (χ0v) is 11.9. The molecule has 0 radical (unpaired) electrons. The van der Waals surface area contributed by atoms with Crippen molar-refractivity contribution in [2.45, 2.75) is 38.4 Å². The monoisotopic (exact) mass is 271 g/mol. The Bertz CT molecular complexity index is 613. The van der Waals surface area contributed by atoms with Crippen molar-refractivity contribution in [1.82, 2.24) is 15.2 Å². The number of carbonyl (C=O) groups is 1. The Balaban J connectivity index is 1.66. The molecule has 1 aromatic carbocycles. The standard InChI is InChI=1S/C16H21N3O/c1-17-11-12-2-5-15-13(10-12)6-8-19(15)9-7-16(20)18-14-3-4-14/h2,5-6,8,10,14,17H,3-4,7,9,11H2,1H3,(H,18,20). The highest BCUT2D eigenvalue weighted by Gasteiger charge is 2.22. The molecule has 4 heteroatoms. The molecular formula is C16H21N3O. The van der Waals surface area contributed by atoms with Gasteiger partial charge in [-0.1, -0.05) is 6.07 Å². The summed E-state index contributed by atoms with van der Waals surface area (Å²) in [5, 5.41) is 7.43. The maximum Gasteiger partial charge on any atom is 0.222 e. The molecule has 0 atom stereocenters.